The average Bonchev–Trinajstić information content (AvgIpc) is 2.79. The van der Waals surface area contributed by atoms with Crippen molar-refractivity contribution in [3.63, 3.8) is 0 Å². The third kappa shape index (κ3) is 2.31. The van der Waals surface area contributed by atoms with Gasteiger partial charge in [0.05, 0.1) is 6.04 Å². The Morgan fingerprint density at radius 1 is 1.44 bits per heavy atom. The van der Waals surface area contributed by atoms with E-state index in [-0.39, 0.29) is 6.04 Å². The maximum atomic E-state index is 4.32. The maximum absolute atomic E-state index is 4.32. The molecule has 1 unspecified atom stereocenters. The molecule has 0 radical (unpaired) electrons. The summed E-state index contributed by atoms with van der Waals surface area (Å²) in [6.45, 7) is 5.12. The summed E-state index contributed by atoms with van der Waals surface area (Å²) in [4.78, 5) is 7.49. The fourth-order valence-corrected chi connectivity index (χ4v) is 1.86. The van der Waals surface area contributed by atoms with Crippen LogP contribution in [0, 0.1) is 6.92 Å². The summed E-state index contributed by atoms with van der Waals surface area (Å²) < 4.78 is 0. The second kappa shape index (κ2) is 4.94. The highest BCUT2D eigenvalue weighted by molar-refractivity contribution is 5.28. The van der Waals surface area contributed by atoms with Crippen LogP contribution < -0.4 is 5.32 Å². The molecule has 0 bridgehead atoms. The molecule has 0 saturated carbocycles. The van der Waals surface area contributed by atoms with Crippen molar-refractivity contribution in [3.05, 3.63) is 53.6 Å². The number of benzene rings is 1. The molecule has 0 fully saturated rings. The highest BCUT2D eigenvalue weighted by Crippen LogP contribution is 2.19. The number of nitrogens with zero attached hydrogens (tertiary/aromatic N) is 1. The van der Waals surface area contributed by atoms with Crippen molar-refractivity contribution in [2.24, 2.45) is 0 Å². The molecule has 2 rings (SSSR count). The molecule has 0 saturated heterocycles. The van der Waals surface area contributed by atoms with Crippen LogP contribution in [0.3, 0.4) is 0 Å². The molecule has 1 aromatic heterocycles. The lowest BCUT2D eigenvalue weighted by Gasteiger charge is -2.16. The van der Waals surface area contributed by atoms with Crippen molar-refractivity contribution in [3.8, 4) is 0 Å². The van der Waals surface area contributed by atoms with E-state index in [1.165, 1.54) is 11.1 Å². The van der Waals surface area contributed by atoms with Crippen LogP contribution in [0.4, 0.5) is 0 Å². The molecule has 0 aliphatic carbocycles. The van der Waals surface area contributed by atoms with Crippen molar-refractivity contribution in [2.75, 3.05) is 6.54 Å². The SMILES string of the molecule is CCNC(c1cccc(C)c1)c1ncc[nH]1. The first-order valence-electron chi connectivity index (χ1n) is 5.60. The van der Waals surface area contributed by atoms with Gasteiger partial charge in [-0.05, 0) is 19.0 Å². The van der Waals surface area contributed by atoms with Gasteiger partial charge in [-0.2, -0.15) is 0 Å². The van der Waals surface area contributed by atoms with Crippen molar-refractivity contribution < 1.29 is 0 Å². The lowest BCUT2D eigenvalue weighted by molar-refractivity contribution is 0.603. The second-order valence-corrected chi connectivity index (χ2v) is 3.88. The Labute approximate surface area is 95.9 Å². The second-order valence-electron chi connectivity index (χ2n) is 3.88. The summed E-state index contributed by atoms with van der Waals surface area (Å²) in [5.74, 6) is 0.965. The van der Waals surface area contributed by atoms with Gasteiger partial charge in [-0.25, -0.2) is 4.98 Å². The van der Waals surface area contributed by atoms with Gasteiger partial charge in [-0.1, -0.05) is 36.8 Å². The highest BCUT2D eigenvalue weighted by atomic mass is 15.0. The molecular weight excluding hydrogens is 198 g/mol. The standard InChI is InChI=1S/C13H17N3/c1-3-14-12(13-15-7-8-16-13)11-6-4-5-10(2)9-11/h4-9,12,14H,3H2,1-2H3,(H,15,16). The first kappa shape index (κ1) is 10.9. The molecule has 16 heavy (non-hydrogen) atoms. The molecule has 0 spiro atoms. The summed E-state index contributed by atoms with van der Waals surface area (Å²) in [6.07, 6.45) is 3.64. The van der Waals surface area contributed by atoms with Crippen LogP contribution in [0.2, 0.25) is 0 Å². The fourth-order valence-electron chi connectivity index (χ4n) is 1.86. The van der Waals surface area contributed by atoms with Crippen LogP contribution in [0.5, 0.6) is 0 Å². The van der Waals surface area contributed by atoms with E-state index in [0.717, 1.165) is 12.4 Å². The minimum absolute atomic E-state index is 0.153. The lowest BCUT2D eigenvalue weighted by Crippen LogP contribution is -2.23. The molecule has 0 aliphatic heterocycles. The predicted molar refractivity (Wildman–Crippen MR) is 65.3 cm³/mol. The zero-order valence-corrected chi connectivity index (χ0v) is 9.70. The minimum Gasteiger partial charge on any atom is -0.347 e. The van der Waals surface area contributed by atoms with Crippen LogP contribution in [0.15, 0.2) is 36.7 Å². The third-order valence-corrected chi connectivity index (χ3v) is 2.58. The van der Waals surface area contributed by atoms with Gasteiger partial charge >= 0.3 is 0 Å². The van der Waals surface area contributed by atoms with Gasteiger partial charge in [0.15, 0.2) is 0 Å². The van der Waals surface area contributed by atoms with Gasteiger partial charge in [0.2, 0.25) is 0 Å². The van der Waals surface area contributed by atoms with Crippen molar-refractivity contribution in [1.29, 1.82) is 0 Å². The van der Waals surface area contributed by atoms with Gasteiger partial charge in [-0.3, -0.25) is 0 Å². The molecule has 84 valence electrons. The largest absolute Gasteiger partial charge is 0.347 e. The van der Waals surface area contributed by atoms with Crippen LogP contribution in [-0.4, -0.2) is 16.5 Å². The fraction of sp³-hybridized carbons (Fsp3) is 0.308. The Kier molecular flexibility index (Phi) is 3.37. The molecule has 0 aliphatic rings. The number of rotatable bonds is 4. The van der Waals surface area contributed by atoms with E-state index in [9.17, 15) is 0 Å². The van der Waals surface area contributed by atoms with Crippen molar-refractivity contribution >= 4 is 0 Å². The number of hydrogen-bond acceptors (Lipinski definition) is 2. The average molecular weight is 215 g/mol. The quantitative estimate of drug-likeness (QED) is 0.822. The molecule has 2 aromatic rings. The van der Waals surface area contributed by atoms with Gasteiger partial charge < -0.3 is 10.3 Å². The number of imidazole rings is 1. The maximum Gasteiger partial charge on any atom is 0.127 e. The van der Waals surface area contributed by atoms with E-state index >= 15 is 0 Å². The third-order valence-electron chi connectivity index (χ3n) is 2.58. The van der Waals surface area contributed by atoms with Crippen molar-refractivity contribution in [1.82, 2.24) is 15.3 Å². The van der Waals surface area contributed by atoms with E-state index < -0.39 is 0 Å². The Hall–Kier alpha value is -1.61. The summed E-state index contributed by atoms with van der Waals surface area (Å²) in [5, 5.41) is 3.43. The van der Waals surface area contributed by atoms with Crippen LogP contribution in [0.1, 0.15) is 29.9 Å². The van der Waals surface area contributed by atoms with E-state index in [1.54, 1.807) is 6.20 Å². The Bertz CT molecular complexity index is 434. The van der Waals surface area contributed by atoms with E-state index in [4.69, 9.17) is 0 Å². The van der Waals surface area contributed by atoms with Crippen LogP contribution in [-0.2, 0) is 0 Å². The first-order valence-corrected chi connectivity index (χ1v) is 5.60. The molecule has 0 amide bonds. The zero-order chi connectivity index (χ0) is 11.4. The van der Waals surface area contributed by atoms with Crippen LogP contribution >= 0.6 is 0 Å². The monoisotopic (exact) mass is 215 g/mol. The van der Waals surface area contributed by atoms with E-state index in [0.29, 0.717) is 0 Å². The zero-order valence-electron chi connectivity index (χ0n) is 9.70. The first-order chi connectivity index (χ1) is 7.81. The Morgan fingerprint density at radius 3 is 2.94 bits per heavy atom. The highest BCUT2D eigenvalue weighted by Gasteiger charge is 2.14. The molecular formula is C13H17N3. The van der Waals surface area contributed by atoms with Gasteiger partial charge in [0, 0.05) is 12.4 Å². The van der Waals surface area contributed by atoms with Crippen LogP contribution in [0.25, 0.3) is 0 Å². The Morgan fingerprint density at radius 2 is 2.31 bits per heavy atom. The topological polar surface area (TPSA) is 40.7 Å². The summed E-state index contributed by atoms with van der Waals surface area (Å²) >= 11 is 0. The molecule has 1 aromatic carbocycles. The number of nitrogens with one attached hydrogen (secondary N) is 2. The van der Waals surface area contributed by atoms with Crippen molar-refractivity contribution in [2.45, 2.75) is 19.9 Å². The molecule has 2 N–H and O–H groups in total. The molecule has 1 heterocycles. The molecule has 3 heteroatoms. The van der Waals surface area contributed by atoms with Gasteiger partial charge in [0.25, 0.3) is 0 Å². The van der Waals surface area contributed by atoms with Gasteiger partial charge in [0.1, 0.15) is 5.82 Å². The lowest BCUT2D eigenvalue weighted by atomic mass is 10.0. The smallest absolute Gasteiger partial charge is 0.127 e. The van der Waals surface area contributed by atoms with E-state index in [1.807, 2.05) is 6.20 Å². The normalized spacial score (nSPS) is 12.6. The number of aromatic amines is 1. The number of aryl methyl sites for hydroxylation is 1. The molecule has 1 atom stereocenters. The number of aromatic nitrogens is 2. The number of hydrogen-bond donors (Lipinski definition) is 2. The Balaban J connectivity index is 2.33. The van der Waals surface area contributed by atoms with Gasteiger partial charge in [-0.15, -0.1) is 0 Å². The predicted octanol–water partition coefficient (Wildman–Crippen LogP) is 2.42. The minimum atomic E-state index is 0.153. The summed E-state index contributed by atoms with van der Waals surface area (Å²) in [5.41, 5.74) is 2.52. The number of H-pyrrole nitrogens is 1. The summed E-state index contributed by atoms with van der Waals surface area (Å²) in [7, 11) is 0. The summed E-state index contributed by atoms with van der Waals surface area (Å²) in [6, 6.07) is 8.66. The van der Waals surface area contributed by atoms with E-state index in [2.05, 4.69) is 53.4 Å². The molecule has 3 nitrogen and oxygen atoms in total.